The number of hydrogen-bond acceptors (Lipinski definition) is 3. The minimum atomic E-state index is -0.239. The summed E-state index contributed by atoms with van der Waals surface area (Å²) in [6.45, 7) is 8.17. The van der Waals surface area contributed by atoms with E-state index in [4.69, 9.17) is 4.74 Å². The van der Waals surface area contributed by atoms with Crippen molar-refractivity contribution < 1.29 is 9.53 Å². The highest BCUT2D eigenvalue weighted by molar-refractivity contribution is 5.67. The molecule has 0 aromatic rings. The van der Waals surface area contributed by atoms with Crippen LogP contribution in [0.1, 0.15) is 27.2 Å². The second-order valence-corrected chi connectivity index (χ2v) is 3.59. The molecule has 4 nitrogen and oxygen atoms in total. The fourth-order valence-electron chi connectivity index (χ4n) is 0.862. The second-order valence-electron chi connectivity index (χ2n) is 3.59. The molecular formula is C10H22N2O2. The number of nitrogens with one attached hydrogen (secondary N) is 1. The number of nitrogens with zero attached hydrogens (tertiary/aromatic N) is 1. The lowest BCUT2D eigenvalue weighted by atomic mass is 10.3. The van der Waals surface area contributed by atoms with Crippen LogP contribution in [-0.4, -0.2) is 43.8 Å². The highest BCUT2D eigenvalue weighted by Crippen LogP contribution is 1.91. The quantitative estimate of drug-likeness (QED) is 0.663. The van der Waals surface area contributed by atoms with Gasteiger partial charge in [-0.3, -0.25) is 0 Å². The van der Waals surface area contributed by atoms with Crippen molar-refractivity contribution in [3.8, 4) is 0 Å². The van der Waals surface area contributed by atoms with Crippen LogP contribution >= 0.6 is 0 Å². The molecule has 0 radical (unpaired) electrons. The van der Waals surface area contributed by atoms with Gasteiger partial charge in [0.2, 0.25) is 0 Å². The van der Waals surface area contributed by atoms with Crippen molar-refractivity contribution in [3.05, 3.63) is 0 Å². The molecule has 0 fully saturated rings. The monoisotopic (exact) mass is 202 g/mol. The van der Waals surface area contributed by atoms with Crippen molar-refractivity contribution >= 4 is 6.09 Å². The van der Waals surface area contributed by atoms with E-state index in [0.717, 1.165) is 13.0 Å². The van der Waals surface area contributed by atoms with E-state index in [-0.39, 0.29) is 6.09 Å². The molecule has 84 valence electrons. The summed E-state index contributed by atoms with van der Waals surface area (Å²) in [5.74, 6) is 0. The van der Waals surface area contributed by atoms with Crippen LogP contribution in [0.2, 0.25) is 0 Å². The molecule has 14 heavy (non-hydrogen) atoms. The number of amides is 1. The predicted molar refractivity (Wildman–Crippen MR) is 57.4 cm³/mol. The van der Waals surface area contributed by atoms with E-state index in [1.54, 1.807) is 11.9 Å². The Balaban J connectivity index is 3.32. The minimum Gasteiger partial charge on any atom is -0.449 e. The van der Waals surface area contributed by atoms with Crippen LogP contribution in [0.15, 0.2) is 0 Å². The first-order valence-electron chi connectivity index (χ1n) is 5.19. The maximum absolute atomic E-state index is 11.2. The van der Waals surface area contributed by atoms with Gasteiger partial charge in [-0.25, -0.2) is 4.79 Å². The van der Waals surface area contributed by atoms with Crippen molar-refractivity contribution in [1.29, 1.82) is 0 Å². The maximum Gasteiger partial charge on any atom is 0.409 e. The van der Waals surface area contributed by atoms with Crippen LogP contribution < -0.4 is 5.32 Å². The van der Waals surface area contributed by atoms with Crippen LogP contribution in [0.5, 0.6) is 0 Å². The lowest BCUT2D eigenvalue weighted by Crippen LogP contribution is -2.29. The van der Waals surface area contributed by atoms with E-state index in [9.17, 15) is 4.79 Å². The first-order chi connectivity index (χ1) is 6.57. The lowest BCUT2D eigenvalue weighted by Gasteiger charge is -2.14. The van der Waals surface area contributed by atoms with Crippen molar-refractivity contribution in [1.82, 2.24) is 10.2 Å². The Kier molecular flexibility index (Phi) is 7.20. The molecule has 0 aromatic heterocycles. The summed E-state index contributed by atoms with van der Waals surface area (Å²) in [6, 6.07) is 0.490. The van der Waals surface area contributed by atoms with Crippen molar-refractivity contribution in [2.75, 3.05) is 26.7 Å². The third-order valence-corrected chi connectivity index (χ3v) is 1.89. The smallest absolute Gasteiger partial charge is 0.409 e. The van der Waals surface area contributed by atoms with Gasteiger partial charge < -0.3 is 15.0 Å². The number of ether oxygens (including phenoxy) is 1. The van der Waals surface area contributed by atoms with E-state index in [1.807, 2.05) is 6.92 Å². The van der Waals surface area contributed by atoms with Crippen LogP contribution in [0.4, 0.5) is 4.79 Å². The maximum atomic E-state index is 11.2. The Hall–Kier alpha value is -0.770. The highest BCUT2D eigenvalue weighted by Gasteiger charge is 2.06. The molecule has 0 rings (SSSR count). The standard InChI is InChI=1S/C10H22N2O2/c1-5-12(4)10(13)14-8-6-7-11-9(2)3/h9,11H,5-8H2,1-4H3. The number of rotatable bonds is 6. The Morgan fingerprint density at radius 3 is 2.64 bits per heavy atom. The fourth-order valence-corrected chi connectivity index (χ4v) is 0.862. The molecule has 0 aliphatic carbocycles. The topological polar surface area (TPSA) is 41.6 Å². The molecule has 0 saturated carbocycles. The van der Waals surface area contributed by atoms with Crippen LogP contribution in [0.3, 0.4) is 0 Å². The minimum absolute atomic E-state index is 0.239. The van der Waals surface area contributed by atoms with Gasteiger partial charge in [-0.15, -0.1) is 0 Å². The Morgan fingerprint density at radius 1 is 1.50 bits per heavy atom. The van der Waals surface area contributed by atoms with Crippen molar-refractivity contribution in [2.45, 2.75) is 33.2 Å². The van der Waals surface area contributed by atoms with E-state index in [2.05, 4.69) is 19.2 Å². The highest BCUT2D eigenvalue weighted by atomic mass is 16.6. The summed E-state index contributed by atoms with van der Waals surface area (Å²) < 4.78 is 5.02. The van der Waals surface area contributed by atoms with Gasteiger partial charge in [0.05, 0.1) is 6.61 Å². The third-order valence-electron chi connectivity index (χ3n) is 1.89. The third kappa shape index (κ3) is 6.71. The van der Waals surface area contributed by atoms with E-state index < -0.39 is 0 Å². The first-order valence-corrected chi connectivity index (χ1v) is 5.19. The molecule has 0 spiro atoms. The van der Waals surface area contributed by atoms with E-state index in [1.165, 1.54) is 0 Å². The molecule has 1 N–H and O–H groups in total. The van der Waals surface area contributed by atoms with Crippen LogP contribution in [0.25, 0.3) is 0 Å². The molecular weight excluding hydrogens is 180 g/mol. The molecule has 1 amide bonds. The van der Waals surface area contributed by atoms with Crippen LogP contribution in [-0.2, 0) is 4.74 Å². The second kappa shape index (κ2) is 7.62. The molecule has 0 unspecified atom stereocenters. The van der Waals surface area contributed by atoms with Gasteiger partial charge in [0, 0.05) is 19.6 Å². The average Bonchev–Trinajstić information content (AvgIpc) is 2.15. The van der Waals surface area contributed by atoms with Gasteiger partial charge in [0.15, 0.2) is 0 Å². The van der Waals surface area contributed by atoms with Crippen molar-refractivity contribution in [3.63, 3.8) is 0 Å². The molecule has 4 heteroatoms. The zero-order valence-electron chi connectivity index (χ0n) is 9.67. The summed E-state index contributed by atoms with van der Waals surface area (Å²) in [5, 5.41) is 3.26. The van der Waals surface area contributed by atoms with Gasteiger partial charge in [-0.1, -0.05) is 13.8 Å². The molecule has 0 bridgehead atoms. The summed E-state index contributed by atoms with van der Waals surface area (Å²) >= 11 is 0. The number of hydrogen-bond donors (Lipinski definition) is 1. The molecule has 0 aliphatic heterocycles. The molecule has 0 aromatic carbocycles. The Bertz CT molecular complexity index is 160. The zero-order chi connectivity index (χ0) is 11.0. The number of carbonyl (C=O) groups is 1. The van der Waals surface area contributed by atoms with Gasteiger partial charge in [-0.05, 0) is 19.9 Å². The van der Waals surface area contributed by atoms with E-state index in [0.29, 0.717) is 19.2 Å². The summed E-state index contributed by atoms with van der Waals surface area (Å²) in [4.78, 5) is 12.7. The predicted octanol–water partition coefficient (Wildman–Crippen LogP) is 1.46. The zero-order valence-corrected chi connectivity index (χ0v) is 9.67. The largest absolute Gasteiger partial charge is 0.449 e. The van der Waals surface area contributed by atoms with Gasteiger partial charge >= 0.3 is 6.09 Å². The fraction of sp³-hybridized carbons (Fsp3) is 0.900. The van der Waals surface area contributed by atoms with Crippen LogP contribution in [0, 0.1) is 0 Å². The molecule has 0 aliphatic rings. The van der Waals surface area contributed by atoms with Crippen molar-refractivity contribution in [2.24, 2.45) is 0 Å². The molecule has 0 atom stereocenters. The normalized spacial score (nSPS) is 10.4. The number of carbonyl (C=O) groups excluding carboxylic acids is 1. The molecule has 0 heterocycles. The van der Waals surface area contributed by atoms with E-state index >= 15 is 0 Å². The Morgan fingerprint density at radius 2 is 2.14 bits per heavy atom. The lowest BCUT2D eigenvalue weighted by molar-refractivity contribution is 0.111. The average molecular weight is 202 g/mol. The summed E-state index contributed by atoms with van der Waals surface area (Å²) in [5.41, 5.74) is 0. The SMILES string of the molecule is CCN(C)C(=O)OCCCNC(C)C. The molecule has 0 saturated heterocycles. The summed E-state index contributed by atoms with van der Waals surface area (Å²) in [7, 11) is 1.73. The summed E-state index contributed by atoms with van der Waals surface area (Å²) in [6.07, 6.45) is 0.624. The van der Waals surface area contributed by atoms with Gasteiger partial charge in [0.25, 0.3) is 0 Å². The first kappa shape index (κ1) is 13.2. The Labute approximate surface area is 86.6 Å². The van der Waals surface area contributed by atoms with Gasteiger partial charge in [-0.2, -0.15) is 0 Å². The van der Waals surface area contributed by atoms with Gasteiger partial charge in [0.1, 0.15) is 0 Å².